The van der Waals surface area contributed by atoms with Gasteiger partial charge in [-0.15, -0.1) is 0 Å². The lowest BCUT2D eigenvalue weighted by Crippen LogP contribution is -2.50. The summed E-state index contributed by atoms with van der Waals surface area (Å²) < 4.78 is 15.3. The fourth-order valence-corrected chi connectivity index (χ4v) is 1.93. The summed E-state index contributed by atoms with van der Waals surface area (Å²) >= 11 is 0. The molecule has 19 heavy (non-hydrogen) atoms. The maximum Gasteiger partial charge on any atom is 0.333 e. The van der Waals surface area contributed by atoms with Crippen molar-refractivity contribution in [3.05, 3.63) is 24.3 Å². The largest absolute Gasteiger partial charge is 0.495 e. The minimum Gasteiger partial charge on any atom is -0.495 e. The van der Waals surface area contributed by atoms with E-state index in [0.29, 0.717) is 12.2 Å². The molecule has 0 bridgehead atoms. The molecule has 0 radical (unpaired) electrons. The van der Waals surface area contributed by atoms with Gasteiger partial charge in [0.25, 0.3) is 0 Å². The zero-order chi connectivity index (χ0) is 14.3. The number of esters is 1. The summed E-state index contributed by atoms with van der Waals surface area (Å²) in [5.74, 6) is 0.308. The minimum absolute atomic E-state index is 0.216. The van der Waals surface area contributed by atoms with E-state index in [1.54, 1.807) is 14.2 Å². The summed E-state index contributed by atoms with van der Waals surface area (Å²) in [5, 5.41) is 3.19. The van der Waals surface area contributed by atoms with Crippen molar-refractivity contribution in [1.29, 1.82) is 0 Å². The van der Waals surface area contributed by atoms with Gasteiger partial charge in [0.15, 0.2) is 5.54 Å². The van der Waals surface area contributed by atoms with Gasteiger partial charge in [-0.2, -0.15) is 0 Å². The van der Waals surface area contributed by atoms with Gasteiger partial charge in [-0.25, -0.2) is 4.79 Å². The molecule has 0 fully saturated rings. The average molecular weight is 267 g/mol. The first-order valence-corrected chi connectivity index (χ1v) is 6.12. The Kier molecular flexibility index (Phi) is 5.63. The third-order valence-corrected chi connectivity index (χ3v) is 3.05. The minimum atomic E-state index is -0.919. The van der Waals surface area contributed by atoms with Crippen LogP contribution in [0.25, 0.3) is 0 Å². The molecule has 1 unspecified atom stereocenters. The number of hydrogen-bond donors (Lipinski definition) is 1. The second-order valence-corrected chi connectivity index (χ2v) is 4.19. The molecular formula is C14H21NO4. The summed E-state index contributed by atoms with van der Waals surface area (Å²) in [6.07, 6.45) is 0.533. The van der Waals surface area contributed by atoms with Crippen molar-refractivity contribution < 1.29 is 19.0 Å². The van der Waals surface area contributed by atoms with Crippen molar-refractivity contribution in [2.45, 2.75) is 18.9 Å². The third-order valence-electron chi connectivity index (χ3n) is 3.05. The van der Waals surface area contributed by atoms with Crippen LogP contribution in [0.3, 0.4) is 0 Å². The number of ether oxygens (including phenoxy) is 3. The number of nitrogens with one attached hydrogen (secondary N) is 1. The second kappa shape index (κ2) is 6.99. The highest BCUT2D eigenvalue weighted by Crippen LogP contribution is 2.28. The number of hydrogen-bond acceptors (Lipinski definition) is 5. The van der Waals surface area contributed by atoms with Crippen LogP contribution in [0.1, 0.15) is 13.3 Å². The molecule has 0 heterocycles. The molecule has 1 atom stereocenters. The number of carbonyl (C=O) groups excluding carboxylic acids is 1. The Labute approximate surface area is 113 Å². The first-order valence-electron chi connectivity index (χ1n) is 6.12. The number of rotatable bonds is 7. The van der Waals surface area contributed by atoms with Crippen LogP contribution in [0.15, 0.2) is 24.3 Å². The van der Waals surface area contributed by atoms with Crippen molar-refractivity contribution >= 4 is 11.7 Å². The molecule has 0 aliphatic carbocycles. The van der Waals surface area contributed by atoms with E-state index >= 15 is 0 Å². The Bertz CT molecular complexity index is 422. The number of anilines is 1. The van der Waals surface area contributed by atoms with Crippen LogP contribution in [0, 0.1) is 0 Å². The number of para-hydroxylation sites is 2. The van der Waals surface area contributed by atoms with E-state index in [2.05, 4.69) is 5.32 Å². The Morgan fingerprint density at radius 2 is 1.95 bits per heavy atom. The van der Waals surface area contributed by atoms with E-state index in [0.717, 1.165) is 5.69 Å². The fourth-order valence-electron chi connectivity index (χ4n) is 1.93. The van der Waals surface area contributed by atoms with Crippen LogP contribution >= 0.6 is 0 Å². The van der Waals surface area contributed by atoms with Crippen molar-refractivity contribution in [2.24, 2.45) is 0 Å². The standard InChI is InChI=1S/C14H21NO4/c1-5-14(10-17-2,13(16)19-4)15-11-8-6-7-9-12(11)18-3/h6-9,15H,5,10H2,1-4H3. The highest BCUT2D eigenvalue weighted by atomic mass is 16.5. The predicted molar refractivity (Wildman–Crippen MR) is 73.5 cm³/mol. The molecule has 0 spiro atoms. The first-order chi connectivity index (χ1) is 9.13. The molecule has 0 aliphatic rings. The fraction of sp³-hybridized carbons (Fsp3) is 0.500. The van der Waals surface area contributed by atoms with Crippen LogP contribution in [-0.4, -0.2) is 39.4 Å². The molecule has 0 aromatic heterocycles. The van der Waals surface area contributed by atoms with E-state index in [1.165, 1.54) is 7.11 Å². The maximum atomic E-state index is 12.1. The Morgan fingerprint density at radius 3 is 2.47 bits per heavy atom. The van der Waals surface area contributed by atoms with Crippen LogP contribution < -0.4 is 10.1 Å². The summed E-state index contributed by atoms with van der Waals surface area (Å²) in [4.78, 5) is 12.1. The number of methoxy groups -OCH3 is 3. The van der Waals surface area contributed by atoms with Crippen LogP contribution in [0.5, 0.6) is 5.75 Å². The van der Waals surface area contributed by atoms with Crippen LogP contribution in [0.4, 0.5) is 5.69 Å². The summed E-state index contributed by atoms with van der Waals surface area (Å²) in [7, 11) is 4.51. The quantitative estimate of drug-likeness (QED) is 0.766. The van der Waals surface area contributed by atoms with Gasteiger partial charge in [0.05, 0.1) is 26.5 Å². The van der Waals surface area contributed by atoms with Gasteiger partial charge in [0, 0.05) is 7.11 Å². The molecule has 0 amide bonds. The molecule has 0 aliphatic heterocycles. The second-order valence-electron chi connectivity index (χ2n) is 4.19. The van der Waals surface area contributed by atoms with Crippen molar-refractivity contribution in [3.63, 3.8) is 0 Å². The van der Waals surface area contributed by atoms with Crippen molar-refractivity contribution in [1.82, 2.24) is 0 Å². The highest BCUT2D eigenvalue weighted by molar-refractivity contribution is 5.85. The SMILES string of the molecule is CCC(COC)(Nc1ccccc1OC)C(=O)OC. The van der Waals surface area contributed by atoms with Gasteiger partial charge in [-0.1, -0.05) is 19.1 Å². The highest BCUT2D eigenvalue weighted by Gasteiger charge is 2.38. The van der Waals surface area contributed by atoms with Crippen LogP contribution in [-0.2, 0) is 14.3 Å². The normalized spacial score (nSPS) is 13.5. The zero-order valence-electron chi connectivity index (χ0n) is 11.9. The van der Waals surface area contributed by atoms with Gasteiger partial charge in [0.1, 0.15) is 5.75 Å². The van der Waals surface area contributed by atoms with E-state index in [9.17, 15) is 4.79 Å². The van der Waals surface area contributed by atoms with Crippen molar-refractivity contribution in [3.8, 4) is 5.75 Å². The maximum absolute atomic E-state index is 12.1. The smallest absolute Gasteiger partial charge is 0.333 e. The summed E-state index contributed by atoms with van der Waals surface area (Å²) in [6, 6.07) is 7.41. The molecule has 1 N–H and O–H groups in total. The summed E-state index contributed by atoms with van der Waals surface area (Å²) in [5.41, 5.74) is -0.188. The first kappa shape index (κ1) is 15.3. The van der Waals surface area contributed by atoms with Gasteiger partial charge in [0.2, 0.25) is 0 Å². The Morgan fingerprint density at radius 1 is 1.26 bits per heavy atom. The molecule has 106 valence electrons. The van der Waals surface area contributed by atoms with E-state index in [-0.39, 0.29) is 12.6 Å². The molecule has 0 saturated carbocycles. The van der Waals surface area contributed by atoms with Gasteiger partial charge >= 0.3 is 5.97 Å². The van der Waals surface area contributed by atoms with E-state index in [1.807, 2.05) is 31.2 Å². The molecule has 5 heteroatoms. The van der Waals surface area contributed by atoms with E-state index in [4.69, 9.17) is 14.2 Å². The lowest BCUT2D eigenvalue weighted by molar-refractivity contribution is -0.148. The Hall–Kier alpha value is -1.75. The molecule has 5 nitrogen and oxygen atoms in total. The Balaban J connectivity index is 3.09. The monoisotopic (exact) mass is 267 g/mol. The molecular weight excluding hydrogens is 246 g/mol. The average Bonchev–Trinajstić information content (AvgIpc) is 2.46. The van der Waals surface area contributed by atoms with Gasteiger partial charge in [-0.05, 0) is 18.6 Å². The van der Waals surface area contributed by atoms with Crippen molar-refractivity contribution in [2.75, 3.05) is 33.3 Å². The molecule has 1 rings (SSSR count). The van der Waals surface area contributed by atoms with Crippen LogP contribution in [0.2, 0.25) is 0 Å². The van der Waals surface area contributed by atoms with Gasteiger partial charge < -0.3 is 19.5 Å². The summed E-state index contributed by atoms with van der Waals surface area (Å²) in [6.45, 7) is 2.12. The molecule has 1 aromatic rings. The molecule has 0 saturated heterocycles. The molecule has 1 aromatic carbocycles. The predicted octanol–water partition coefficient (Wildman–Crippen LogP) is 2.08. The van der Waals surface area contributed by atoms with Gasteiger partial charge in [-0.3, -0.25) is 0 Å². The number of carbonyl (C=O) groups is 1. The lowest BCUT2D eigenvalue weighted by Gasteiger charge is -2.31. The third kappa shape index (κ3) is 3.38. The van der Waals surface area contributed by atoms with E-state index < -0.39 is 5.54 Å². The zero-order valence-corrected chi connectivity index (χ0v) is 11.9. The number of benzene rings is 1. The topological polar surface area (TPSA) is 56.8 Å². The lowest BCUT2D eigenvalue weighted by atomic mass is 9.96.